The summed E-state index contributed by atoms with van der Waals surface area (Å²) in [4.78, 5) is 12.3. The van der Waals surface area contributed by atoms with Gasteiger partial charge >= 0.3 is 0 Å². The van der Waals surface area contributed by atoms with Gasteiger partial charge in [0.2, 0.25) is 5.91 Å². The quantitative estimate of drug-likeness (QED) is 0.513. The molecule has 2 N–H and O–H groups in total. The third-order valence-corrected chi connectivity index (χ3v) is 4.80. The molecular formula is C21H32N2O. The van der Waals surface area contributed by atoms with E-state index in [1.807, 2.05) is 0 Å². The van der Waals surface area contributed by atoms with Crippen molar-refractivity contribution in [1.82, 2.24) is 5.32 Å². The number of carbonyl (C=O) groups excluding carboxylic acids is 1. The zero-order valence-corrected chi connectivity index (χ0v) is 15.3. The molecule has 1 aliphatic rings. The Bertz CT molecular complexity index is 541. The van der Waals surface area contributed by atoms with Crippen molar-refractivity contribution in [2.24, 2.45) is 0 Å². The maximum absolute atomic E-state index is 12.3. The minimum absolute atomic E-state index is 0.106. The summed E-state index contributed by atoms with van der Waals surface area (Å²) in [5.74, 6) is 0.106. The van der Waals surface area contributed by atoms with Crippen LogP contribution in [0, 0.1) is 0 Å². The van der Waals surface area contributed by atoms with Gasteiger partial charge in [-0.3, -0.25) is 4.79 Å². The van der Waals surface area contributed by atoms with Gasteiger partial charge in [0.05, 0.1) is 0 Å². The number of carbonyl (C=O) groups is 1. The van der Waals surface area contributed by atoms with Crippen LogP contribution in [0.4, 0.5) is 5.69 Å². The minimum atomic E-state index is 0.106. The van der Waals surface area contributed by atoms with E-state index >= 15 is 0 Å². The summed E-state index contributed by atoms with van der Waals surface area (Å²) in [6, 6.07) is 6.28. The van der Waals surface area contributed by atoms with Crippen molar-refractivity contribution in [3.05, 3.63) is 41.0 Å². The van der Waals surface area contributed by atoms with Gasteiger partial charge in [0.1, 0.15) is 0 Å². The van der Waals surface area contributed by atoms with Crippen molar-refractivity contribution in [3.63, 3.8) is 0 Å². The highest BCUT2D eigenvalue weighted by atomic mass is 16.1. The monoisotopic (exact) mass is 328 g/mol. The summed E-state index contributed by atoms with van der Waals surface area (Å²) >= 11 is 0. The Balaban J connectivity index is 1.72. The number of hydrogen-bond donors (Lipinski definition) is 2. The first kappa shape index (κ1) is 18.7. The summed E-state index contributed by atoms with van der Waals surface area (Å²) in [6.07, 6.45) is 11.1. The fourth-order valence-corrected chi connectivity index (χ4v) is 3.31. The lowest BCUT2D eigenvalue weighted by molar-refractivity contribution is -0.116. The average Bonchev–Trinajstić information content (AvgIpc) is 2.62. The molecule has 3 heteroatoms. The Hall–Kier alpha value is -1.61. The summed E-state index contributed by atoms with van der Waals surface area (Å²) in [5, 5.41) is 6.54. The normalized spacial score (nSPS) is 14.3. The molecule has 1 amide bonds. The Morgan fingerprint density at radius 2 is 1.83 bits per heavy atom. The van der Waals surface area contributed by atoms with Crippen LogP contribution in [-0.2, 0) is 17.6 Å². The third kappa shape index (κ3) is 5.79. The fraction of sp³-hybridized carbons (Fsp3) is 0.571. The highest BCUT2D eigenvalue weighted by Crippen LogP contribution is 2.22. The van der Waals surface area contributed by atoms with Crippen LogP contribution in [0.3, 0.4) is 0 Å². The van der Waals surface area contributed by atoms with E-state index in [1.54, 1.807) is 5.57 Å². The summed E-state index contributed by atoms with van der Waals surface area (Å²) < 4.78 is 0. The van der Waals surface area contributed by atoms with Crippen LogP contribution >= 0.6 is 0 Å². The lowest BCUT2D eigenvalue weighted by Gasteiger charge is -2.15. The molecular weight excluding hydrogens is 296 g/mol. The molecule has 0 atom stereocenters. The lowest BCUT2D eigenvalue weighted by atomic mass is 9.97. The molecule has 0 aromatic heterocycles. The third-order valence-electron chi connectivity index (χ3n) is 4.80. The molecule has 0 heterocycles. The number of amides is 1. The molecule has 0 spiro atoms. The lowest BCUT2D eigenvalue weighted by Crippen LogP contribution is -2.23. The van der Waals surface area contributed by atoms with Crippen molar-refractivity contribution >= 4 is 11.6 Å². The molecule has 0 unspecified atom stereocenters. The second-order valence-electron chi connectivity index (χ2n) is 6.56. The Morgan fingerprint density at radius 1 is 1.08 bits per heavy atom. The number of hydrogen-bond acceptors (Lipinski definition) is 2. The molecule has 132 valence electrons. The summed E-state index contributed by atoms with van der Waals surface area (Å²) in [7, 11) is 0. The van der Waals surface area contributed by atoms with Gasteiger partial charge in [0.25, 0.3) is 0 Å². The molecule has 2 rings (SSSR count). The summed E-state index contributed by atoms with van der Waals surface area (Å²) in [5.41, 5.74) is 5.06. The molecule has 0 radical (unpaired) electrons. The molecule has 0 bridgehead atoms. The van der Waals surface area contributed by atoms with Crippen molar-refractivity contribution in [1.29, 1.82) is 0 Å². The zero-order valence-electron chi connectivity index (χ0n) is 15.3. The first-order valence-corrected chi connectivity index (χ1v) is 9.53. The highest BCUT2D eigenvalue weighted by molar-refractivity contribution is 5.92. The van der Waals surface area contributed by atoms with Gasteiger partial charge < -0.3 is 10.6 Å². The van der Waals surface area contributed by atoms with Crippen molar-refractivity contribution in [2.45, 2.75) is 65.2 Å². The largest absolute Gasteiger partial charge is 0.326 e. The van der Waals surface area contributed by atoms with Crippen LogP contribution in [0.1, 0.15) is 63.5 Å². The number of anilines is 1. The van der Waals surface area contributed by atoms with Crippen LogP contribution in [0.2, 0.25) is 0 Å². The van der Waals surface area contributed by atoms with Gasteiger partial charge in [0.15, 0.2) is 0 Å². The second-order valence-corrected chi connectivity index (χ2v) is 6.56. The maximum Gasteiger partial charge on any atom is 0.225 e. The smallest absolute Gasteiger partial charge is 0.225 e. The van der Waals surface area contributed by atoms with Crippen LogP contribution in [-0.4, -0.2) is 19.0 Å². The van der Waals surface area contributed by atoms with Crippen LogP contribution in [0.25, 0.3) is 0 Å². The number of benzene rings is 1. The van der Waals surface area contributed by atoms with Gasteiger partial charge in [-0.2, -0.15) is 0 Å². The summed E-state index contributed by atoms with van der Waals surface area (Å²) in [6.45, 7) is 5.98. The van der Waals surface area contributed by atoms with E-state index in [-0.39, 0.29) is 5.91 Å². The molecule has 1 aliphatic carbocycles. The van der Waals surface area contributed by atoms with E-state index in [4.69, 9.17) is 0 Å². The first-order valence-electron chi connectivity index (χ1n) is 9.53. The van der Waals surface area contributed by atoms with E-state index in [2.05, 4.69) is 48.8 Å². The molecule has 0 fully saturated rings. The number of rotatable bonds is 9. The molecule has 0 saturated heterocycles. The highest BCUT2D eigenvalue weighted by Gasteiger charge is 2.10. The molecule has 1 aromatic rings. The van der Waals surface area contributed by atoms with E-state index < -0.39 is 0 Å². The van der Waals surface area contributed by atoms with Gasteiger partial charge in [-0.1, -0.05) is 43.7 Å². The predicted molar refractivity (Wildman–Crippen MR) is 102 cm³/mol. The van der Waals surface area contributed by atoms with Crippen LogP contribution in [0.5, 0.6) is 0 Å². The Labute approximate surface area is 146 Å². The van der Waals surface area contributed by atoms with Crippen molar-refractivity contribution in [2.75, 3.05) is 18.4 Å². The van der Waals surface area contributed by atoms with E-state index in [0.717, 1.165) is 38.0 Å². The maximum atomic E-state index is 12.3. The number of allylic oxidation sites excluding steroid dienone is 1. The molecule has 0 saturated carbocycles. The SMILES string of the molecule is CCc1cccc(CC)c1NC(=O)CCNCCC1=CCCCC1. The predicted octanol–water partition coefficient (Wildman–Crippen LogP) is 4.62. The van der Waals surface area contributed by atoms with Gasteiger partial charge in [0, 0.05) is 18.7 Å². The Morgan fingerprint density at radius 3 is 2.46 bits per heavy atom. The number of nitrogens with one attached hydrogen (secondary N) is 2. The van der Waals surface area contributed by atoms with Gasteiger partial charge in [-0.05, 0) is 62.6 Å². The first-order chi connectivity index (χ1) is 11.7. The van der Waals surface area contributed by atoms with Gasteiger partial charge in [-0.25, -0.2) is 0 Å². The number of aryl methyl sites for hydroxylation is 2. The van der Waals surface area contributed by atoms with Gasteiger partial charge in [-0.15, -0.1) is 0 Å². The standard InChI is InChI=1S/C21H32N2O/c1-3-18-11-8-12-19(4-2)21(18)23-20(24)14-16-22-15-13-17-9-6-5-7-10-17/h8-9,11-12,22H,3-7,10,13-16H2,1-2H3,(H,23,24). The van der Waals surface area contributed by atoms with Crippen LogP contribution < -0.4 is 10.6 Å². The zero-order chi connectivity index (χ0) is 17.2. The fourth-order valence-electron chi connectivity index (χ4n) is 3.31. The molecule has 3 nitrogen and oxygen atoms in total. The number of para-hydroxylation sites is 1. The van der Waals surface area contributed by atoms with E-state index in [0.29, 0.717) is 6.42 Å². The van der Waals surface area contributed by atoms with E-state index in [9.17, 15) is 4.79 Å². The topological polar surface area (TPSA) is 41.1 Å². The second kappa shape index (κ2) is 10.3. The molecule has 0 aliphatic heterocycles. The average molecular weight is 329 g/mol. The van der Waals surface area contributed by atoms with E-state index in [1.165, 1.54) is 36.8 Å². The van der Waals surface area contributed by atoms with Crippen molar-refractivity contribution < 1.29 is 4.79 Å². The van der Waals surface area contributed by atoms with Crippen LogP contribution in [0.15, 0.2) is 29.8 Å². The minimum Gasteiger partial charge on any atom is -0.326 e. The Kier molecular flexibility index (Phi) is 8.03. The van der Waals surface area contributed by atoms with Crippen molar-refractivity contribution in [3.8, 4) is 0 Å². The molecule has 1 aromatic carbocycles. The molecule has 24 heavy (non-hydrogen) atoms.